The zero-order chi connectivity index (χ0) is 18.0. The number of hydrogen-bond donors (Lipinski definition) is 1. The summed E-state index contributed by atoms with van der Waals surface area (Å²) in [5.41, 5.74) is -0.0111. The Kier molecular flexibility index (Phi) is 4.87. The van der Waals surface area contributed by atoms with E-state index in [9.17, 15) is 18.4 Å². The van der Waals surface area contributed by atoms with Crippen LogP contribution in [0.4, 0.5) is 13.6 Å². The zero-order valence-electron chi connectivity index (χ0n) is 13.6. The van der Waals surface area contributed by atoms with Crippen molar-refractivity contribution in [3.63, 3.8) is 0 Å². The van der Waals surface area contributed by atoms with Crippen molar-refractivity contribution >= 4 is 6.09 Å². The number of rotatable bonds is 3. The summed E-state index contributed by atoms with van der Waals surface area (Å²) in [6.07, 6.45) is 0.790. The average Bonchev–Trinajstić information content (AvgIpc) is 3.03. The molecule has 2 atom stereocenters. The number of nitrogens with zero attached hydrogens (tertiary/aromatic N) is 1. The van der Waals surface area contributed by atoms with Gasteiger partial charge in [-0.3, -0.25) is 4.79 Å². The lowest BCUT2D eigenvalue weighted by atomic mass is 9.86. The van der Waals surface area contributed by atoms with Crippen LogP contribution in [0.5, 0.6) is 0 Å². The van der Waals surface area contributed by atoms with Gasteiger partial charge in [0.2, 0.25) is 0 Å². The third kappa shape index (κ3) is 3.72. The zero-order valence-corrected chi connectivity index (χ0v) is 13.6. The number of nitrogens with one attached hydrogen (secondary N) is 1. The van der Waals surface area contributed by atoms with E-state index in [2.05, 4.69) is 5.16 Å². The van der Waals surface area contributed by atoms with E-state index in [1.807, 2.05) is 0 Å². The Balaban J connectivity index is 1.83. The molecule has 1 saturated heterocycles. The minimum Gasteiger partial charge on any atom is -0.453 e. The number of benzene rings is 1. The molecule has 2 aromatic rings. The van der Waals surface area contributed by atoms with Gasteiger partial charge in [0.1, 0.15) is 17.4 Å². The van der Waals surface area contributed by atoms with Gasteiger partial charge in [-0.05, 0) is 30.9 Å². The molecule has 1 N–H and O–H groups in total. The predicted molar refractivity (Wildman–Crippen MR) is 84.3 cm³/mol. The molecule has 0 bridgehead atoms. The van der Waals surface area contributed by atoms with Crippen LogP contribution >= 0.6 is 0 Å². The molecule has 0 spiro atoms. The number of aromatic amines is 1. The van der Waals surface area contributed by atoms with Crippen LogP contribution in [0.25, 0.3) is 0 Å². The monoisotopic (exact) mass is 352 g/mol. The molecule has 0 saturated carbocycles. The smallest absolute Gasteiger partial charge is 0.409 e. The summed E-state index contributed by atoms with van der Waals surface area (Å²) >= 11 is 0. The summed E-state index contributed by atoms with van der Waals surface area (Å²) in [7, 11) is 1.29. The summed E-state index contributed by atoms with van der Waals surface area (Å²) in [5.74, 6) is -0.866. The van der Waals surface area contributed by atoms with E-state index in [1.54, 1.807) is 0 Å². The molecule has 0 aliphatic carbocycles. The molecule has 6 nitrogen and oxygen atoms in total. The third-order valence-electron chi connectivity index (χ3n) is 4.54. The number of carbonyl (C=O) groups excluding carboxylic acids is 1. The Hall–Kier alpha value is -2.64. The maximum Gasteiger partial charge on any atom is 0.409 e. The third-order valence-corrected chi connectivity index (χ3v) is 4.54. The minimum absolute atomic E-state index is 0.0756. The fourth-order valence-corrected chi connectivity index (χ4v) is 3.30. The van der Waals surface area contributed by atoms with Gasteiger partial charge in [0.15, 0.2) is 0 Å². The van der Waals surface area contributed by atoms with Crippen molar-refractivity contribution in [3.8, 4) is 0 Å². The molecule has 25 heavy (non-hydrogen) atoms. The molecule has 134 valence electrons. The number of methoxy groups -OCH3 is 1. The number of amides is 1. The van der Waals surface area contributed by atoms with E-state index in [4.69, 9.17) is 9.26 Å². The van der Waals surface area contributed by atoms with Gasteiger partial charge in [-0.1, -0.05) is 6.07 Å². The van der Waals surface area contributed by atoms with Crippen molar-refractivity contribution in [1.82, 2.24) is 10.1 Å². The summed E-state index contributed by atoms with van der Waals surface area (Å²) < 4.78 is 37.1. The maximum absolute atomic E-state index is 14.0. The van der Waals surface area contributed by atoms with E-state index in [0.29, 0.717) is 30.7 Å². The van der Waals surface area contributed by atoms with Gasteiger partial charge < -0.3 is 14.2 Å². The first-order valence-corrected chi connectivity index (χ1v) is 7.95. The Morgan fingerprint density at radius 1 is 1.40 bits per heavy atom. The first kappa shape index (κ1) is 17.2. The van der Waals surface area contributed by atoms with Crippen molar-refractivity contribution in [2.75, 3.05) is 13.7 Å². The van der Waals surface area contributed by atoms with Crippen molar-refractivity contribution in [1.29, 1.82) is 0 Å². The predicted octanol–water partition coefficient (Wildman–Crippen LogP) is 2.80. The molecule has 1 amide bonds. The summed E-state index contributed by atoms with van der Waals surface area (Å²) in [6.45, 7) is 0.389. The van der Waals surface area contributed by atoms with Crippen LogP contribution in [0.15, 0.2) is 33.6 Å². The average molecular weight is 352 g/mol. The lowest BCUT2D eigenvalue weighted by Gasteiger charge is -2.38. The quantitative estimate of drug-likeness (QED) is 0.922. The van der Waals surface area contributed by atoms with Gasteiger partial charge in [-0.15, -0.1) is 0 Å². The molecular weight excluding hydrogens is 334 g/mol. The summed E-state index contributed by atoms with van der Waals surface area (Å²) in [4.78, 5) is 24.8. The van der Waals surface area contributed by atoms with Crippen LogP contribution in [0.1, 0.15) is 30.1 Å². The number of ether oxygens (including phenoxy) is 1. The van der Waals surface area contributed by atoms with Gasteiger partial charge in [-0.2, -0.15) is 5.16 Å². The highest BCUT2D eigenvalue weighted by Gasteiger charge is 2.34. The second-order valence-corrected chi connectivity index (χ2v) is 6.09. The molecule has 2 unspecified atom stereocenters. The number of aromatic nitrogens is 1. The molecule has 8 heteroatoms. The van der Waals surface area contributed by atoms with Gasteiger partial charge in [0.25, 0.3) is 5.56 Å². The van der Waals surface area contributed by atoms with Crippen molar-refractivity contribution in [2.45, 2.75) is 31.2 Å². The number of H-pyrrole nitrogens is 1. The number of hydrogen-bond acceptors (Lipinski definition) is 4. The largest absolute Gasteiger partial charge is 0.453 e. The molecule has 1 aromatic heterocycles. The van der Waals surface area contributed by atoms with Crippen LogP contribution in [-0.4, -0.2) is 35.8 Å². The van der Waals surface area contributed by atoms with E-state index < -0.39 is 17.7 Å². The fourth-order valence-electron chi connectivity index (χ4n) is 3.30. The fraction of sp³-hybridized carbons (Fsp3) is 0.412. The number of likely N-dealkylation sites (tertiary alicyclic amines) is 1. The van der Waals surface area contributed by atoms with Crippen LogP contribution in [0.3, 0.4) is 0 Å². The molecule has 2 heterocycles. The first-order chi connectivity index (χ1) is 12.0. The molecular formula is C17H18F2N2O4. The minimum atomic E-state index is -0.653. The maximum atomic E-state index is 14.0. The molecule has 1 aliphatic heterocycles. The van der Waals surface area contributed by atoms with Crippen LogP contribution in [0, 0.1) is 11.6 Å². The van der Waals surface area contributed by atoms with Gasteiger partial charge >= 0.3 is 6.09 Å². The van der Waals surface area contributed by atoms with Gasteiger partial charge in [-0.25, -0.2) is 13.6 Å². The lowest BCUT2D eigenvalue weighted by Crippen LogP contribution is -2.46. The normalized spacial score (nSPS) is 20.5. The second kappa shape index (κ2) is 7.08. The van der Waals surface area contributed by atoms with Crippen molar-refractivity contribution < 1.29 is 22.8 Å². The summed E-state index contributed by atoms with van der Waals surface area (Å²) in [6, 6.07) is 4.41. The van der Waals surface area contributed by atoms with Crippen molar-refractivity contribution in [3.05, 3.63) is 57.6 Å². The lowest BCUT2D eigenvalue weighted by molar-refractivity contribution is 0.0814. The van der Waals surface area contributed by atoms with Crippen molar-refractivity contribution in [2.24, 2.45) is 0 Å². The molecule has 0 radical (unpaired) electrons. The Bertz CT molecular complexity index is 817. The molecule has 1 aromatic carbocycles. The number of halogens is 2. The number of carbonyl (C=O) groups is 1. The highest BCUT2D eigenvalue weighted by molar-refractivity contribution is 5.68. The van der Waals surface area contributed by atoms with Crippen LogP contribution < -0.4 is 5.56 Å². The molecule has 1 aliphatic rings. The SMILES string of the molecule is COC(=O)N1CCC(c2cc(=O)[nH]o2)CC1Cc1ccc(F)cc1F. The van der Waals surface area contributed by atoms with Gasteiger partial charge in [0.05, 0.1) is 7.11 Å². The number of piperidine rings is 1. The van der Waals surface area contributed by atoms with E-state index in [1.165, 1.54) is 30.2 Å². The Morgan fingerprint density at radius 3 is 2.84 bits per heavy atom. The Labute approximate surface area is 142 Å². The van der Waals surface area contributed by atoms with E-state index in [0.717, 1.165) is 6.07 Å². The van der Waals surface area contributed by atoms with Gasteiger partial charge in [0, 0.05) is 30.6 Å². The van der Waals surface area contributed by atoms with Crippen LogP contribution in [-0.2, 0) is 11.2 Å². The second-order valence-electron chi connectivity index (χ2n) is 6.09. The first-order valence-electron chi connectivity index (χ1n) is 7.95. The highest BCUT2D eigenvalue weighted by Crippen LogP contribution is 2.33. The molecule has 3 rings (SSSR count). The van der Waals surface area contributed by atoms with Crippen LogP contribution in [0.2, 0.25) is 0 Å². The Morgan fingerprint density at radius 2 is 2.20 bits per heavy atom. The highest BCUT2D eigenvalue weighted by atomic mass is 19.1. The topological polar surface area (TPSA) is 75.5 Å². The van der Waals surface area contributed by atoms with E-state index in [-0.39, 0.29) is 23.9 Å². The molecule has 1 fully saturated rings. The standard InChI is InChI=1S/C17H18F2N2O4/c1-24-17(23)21-5-4-11(15-9-16(22)20-25-15)7-13(21)6-10-2-3-12(18)8-14(10)19/h2-3,8-9,11,13H,4-7H2,1H3,(H,20,22). The summed E-state index contributed by atoms with van der Waals surface area (Å²) in [5, 5.41) is 2.25. The van der Waals surface area contributed by atoms with E-state index >= 15 is 0 Å².